The highest BCUT2D eigenvalue weighted by Gasteiger charge is 2.25. The van der Waals surface area contributed by atoms with Crippen molar-refractivity contribution in [3.05, 3.63) is 52.1 Å². The lowest BCUT2D eigenvalue weighted by Crippen LogP contribution is -2.39. The molecular weight excluding hydrogens is 415 g/mol. The average Bonchev–Trinajstić information content (AvgIpc) is 2.97. The summed E-state index contributed by atoms with van der Waals surface area (Å²) in [6.07, 6.45) is 0.655. The molecular formula is C20H22Cl2N4O3. The van der Waals surface area contributed by atoms with Gasteiger partial charge in [-0.1, -0.05) is 23.2 Å². The van der Waals surface area contributed by atoms with E-state index in [0.29, 0.717) is 55.8 Å². The minimum absolute atomic E-state index is 0.164. The number of benzene rings is 1. The van der Waals surface area contributed by atoms with Gasteiger partial charge in [0.2, 0.25) is 5.88 Å². The van der Waals surface area contributed by atoms with Crippen LogP contribution < -0.4 is 10.1 Å². The van der Waals surface area contributed by atoms with Crippen LogP contribution in [-0.4, -0.2) is 59.5 Å². The number of pyridine rings is 1. The molecule has 1 saturated heterocycles. The summed E-state index contributed by atoms with van der Waals surface area (Å²) in [5.41, 5.74) is 0.831. The van der Waals surface area contributed by atoms with Crippen LogP contribution in [0.4, 0.5) is 10.5 Å². The number of nitrogens with one attached hydrogen (secondary N) is 1. The fourth-order valence-corrected chi connectivity index (χ4v) is 3.32. The summed E-state index contributed by atoms with van der Waals surface area (Å²) >= 11 is 12.1. The van der Waals surface area contributed by atoms with E-state index < -0.39 is 0 Å². The highest BCUT2D eigenvalue weighted by atomic mass is 35.5. The first-order chi connectivity index (χ1) is 14.0. The molecule has 1 aromatic carbocycles. The van der Waals surface area contributed by atoms with Gasteiger partial charge < -0.3 is 19.9 Å². The van der Waals surface area contributed by atoms with Gasteiger partial charge >= 0.3 is 6.03 Å². The molecule has 0 radical (unpaired) electrons. The SMILES string of the molecule is CCOc1ccc(Cl)c(C(=O)N2CCCN(C(=O)Nc3ccc(Cl)cc3)CC2)n1. The molecule has 1 aliphatic rings. The van der Waals surface area contributed by atoms with Gasteiger partial charge in [0.1, 0.15) is 0 Å². The van der Waals surface area contributed by atoms with E-state index in [2.05, 4.69) is 10.3 Å². The fraction of sp³-hybridized carbons (Fsp3) is 0.350. The topological polar surface area (TPSA) is 74.8 Å². The lowest BCUT2D eigenvalue weighted by molar-refractivity contribution is 0.0756. The van der Waals surface area contributed by atoms with E-state index in [1.54, 1.807) is 46.2 Å². The monoisotopic (exact) mass is 436 g/mol. The Hall–Kier alpha value is -2.51. The van der Waals surface area contributed by atoms with Crippen molar-refractivity contribution in [2.24, 2.45) is 0 Å². The molecule has 1 fully saturated rings. The third-order valence-corrected chi connectivity index (χ3v) is 5.04. The smallest absolute Gasteiger partial charge is 0.321 e. The van der Waals surface area contributed by atoms with E-state index in [4.69, 9.17) is 27.9 Å². The molecule has 3 amide bonds. The highest BCUT2D eigenvalue weighted by Crippen LogP contribution is 2.21. The number of aromatic nitrogens is 1. The fourth-order valence-electron chi connectivity index (χ4n) is 3.01. The summed E-state index contributed by atoms with van der Waals surface area (Å²) in [4.78, 5) is 33.1. The number of ether oxygens (including phenoxy) is 1. The summed E-state index contributed by atoms with van der Waals surface area (Å²) in [5, 5.41) is 3.73. The molecule has 2 aromatic rings. The van der Waals surface area contributed by atoms with Gasteiger partial charge in [-0.3, -0.25) is 4.79 Å². The second kappa shape index (κ2) is 9.80. The van der Waals surface area contributed by atoms with Crippen molar-refractivity contribution in [3.63, 3.8) is 0 Å². The van der Waals surface area contributed by atoms with Crippen molar-refractivity contribution in [2.45, 2.75) is 13.3 Å². The van der Waals surface area contributed by atoms with E-state index in [1.807, 2.05) is 6.92 Å². The van der Waals surface area contributed by atoms with Crippen LogP contribution in [0.2, 0.25) is 10.0 Å². The van der Waals surface area contributed by atoms with Crippen molar-refractivity contribution in [2.75, 3.05) is 38.1 Å². The number of urea groups is 1. The van der Waals surface area contributed by atoms with Crippen LogP contribution in [0.3, 0.4) is 0 Å². The van der Waals surface area contributed by atoms with Crippen LogP contribution in [0.1, 0.15) is 23.8 Å². The summed E-state index contributed by atoms with van der Waals surface area (Å²) in [7, 11) is 0. The molecule has 0 unspecified atom stereocenters. The Balaban J connectivity index is 1.63. The second-order valence-corrected chi connectivity index (χ2v) is 7.33. The van der Waals surface area contributed by atoms with Crippen molar-refractivity contribution in [1.82, 2.24) is 14.8 Å². The van der Waals surface area contributed by atoms with Crippen LogP contribution in [0.5, 0.6) is 5.88 Å². The lowest BCUT2D eigenvalue weighted by Gasteiger charge is -2.22. The van der Waals surface area contributed by atoms with Crippen LogP contribution in [-0.2, 0) is 0 Å². The molecule has 0 spiro atoms. The number of halogens is 2. The number of hydrogen-bond acceptors (Lipinski definition) is 4. The molecule has 1 N–H and O–H groups in total. The average molecular weight is 437 g/mol. The standard InChI is InChI=1S/C20H22Cl2N4O3/c1-2-29-17-9-8-16(22)18(24-17)19(27)25-10-3-11-26(13-12-25)20(28)23-15-6-4-14(21)5-7-15/h4-9H,2-3,10-13H2,1H3,(H,23,28). The minimum atomic E-state index is -0.267. The Morgan fingerprint density at radius 3 is 2.45 bits per heavy atom. The van der Waals surface area contributed by atoms with E-state index in [9.17, 15) is 9.59 Å². The van der Waals surface area contributed by atoms with Crippen molar-refractivity contribution >= 4 is 40.8 Å². The molecule has 0 bridgehead atoms. The molecule has 29 heavy (non-hydrogen) atoms. The molecule has 2 heterocycles. The van der Waals surface area contributed by atoms with Gasteiger partial charge in [-0.2, -0.15) is 0 Å². The number of carbonyl (C=O) groups is 2. The third-order valence-electron chi connectivity index (χ3n) is 4.48. The largest absolute Gasteiger partial charge is 0.478 e. The number of anilines is 1. The Morgan fingerprint density at radius 1 is 1.03 bits per heavy atom. The molecule has 0 saturated carbocycles. The number of rotatable bonds is 4. The maximum atomic E-state index is 12.9. The minimum Gasteiger partial charge on any atom is -0.478 e. The molecule has 3 rings (SSSR count). The first-order valence-corrected chi connectivity index (χ1v) is 10.1. The highest BCUT2D eigenvalue weighted by molar-refractivity contribution is 6.33. The zero-order valence-electron chi connectivity index (χ0n) is 16.0. The van der Waals surface area contributed by atoms with Gasteiger partial charge in [-0.25, -0.2) is 9.78 Å². The second-order valence-electron chi connectivity index (χ2n) is 6.48. The van der Waals surface area contributed by atoms with Gasteiger partial charge in [0.15, 0.2) is 5.69 Å². The normalized spacial score (nSPS) is 14.3. The lowest BCUT2D eigenvalue weighted by atomic mass is 10.3. The van der Waals surface area contributed by atoms with E-state index >= 15 is 0 Å². The van der Waals surface area contributed by atoms with Gasteiger partial charge in [-0.15, -0.1) is 0 Å². The van der Waals surface area contributed by atoms with Crippen molar-refractivity contribution in [3.8, 4) is 5.88 Å². The predicted molar refractivity (Wildman–Crippen MR) is 113 cm³/mol. The van der Waals surface area contributed by atoms with E-state index in [-0.39, 0.29) is 22.7 Å². The summed E-state index contributed by atoms with van der Waals surface area (Å²) in [5.74, 6) is 0.0931. The molecule has 0 atom stereocenters. The van der Waals surface area contributed by atoms with Crippen molar-refractivity contribution in [1.29, 1.82) is 0 Å². The summed E-state index contributed by atoms with van der Waals surface area (Å²) < 4.78 is 5.37. The Labute approximate surface area is 179 Å². The zero-order chi connectivity index (χ0) is 20.8. The van der Waals surface area contributed by atoms with Crippen molar-refractivity contribution < 1.29 is 14.3 Å². The van der Waals surface area contributed by atoms with Crippen LogP contribution in [0.25, 0.3) is 0 Å². The van der Waals surface area contributed by atoms with Gasteiger partial charge in [0, 0.05) is 43.0 Å². The number of carbonyl (C=O) groups excluding carboxylic acids is 2. The molecule has 1 aromatic heterocycles. The Morgan fingerprint density at radius 2 is 1.72 bits per heavy atom. The van der Waals surface area contributed by atoms with E-state index in [1.165, 1.54) is 0 Å². The number of hydrogen-bond donors (Lipinski definition) is 1. The maximum Gasteiger partial charge on any atom is 0.321 e. The first kappa shape index (κ1) is 21.2. The molecule has 154 valence electrons. The van der Waals surface area contributed by atoms with Crippen LogP contribution >= 0.6 is 23.2 Å². The molecule has 0 aliphatic carbocycles. The Bertz CT molecular complexity index is 877. The molecule has 9 heteroatoms. The van der Waals surface area contributed by atoms with Gasteiger partial charge in [0.05, 0.1) is 11.6 Å². The predicted octanol–water partition coefficient (Wildman–Crippen LogP) is 4.17. The third kappa shape index (κ3) is 5.52. The zero-order valence-corrected chi connectivity index (χ0v) is 17.5. The van der Waals surface area contributed by atoms with Crippen LogP contribution in [0, 0.1) is 0 Å². The Kier molecular flexibility index (Phi) is 7.17. The number of amides is 3. The van der Waals surface area contributed by atoms with Crippen LogP contribution in [0.15, 0.2) is 36.4 Å². The van der Waals surface area contributed by atoms with Gasteiger partial charge in [-0.05, 0) is 43.7 Å². The quantitative estimate of drug-likeness (QED) is 0.780. The number of nitrogens with zero attached hydrogens (tertiary/aromatic N) is 3. The van der Waals surface area contributed by atoms with E-state index in [0.717, 1.165) is 0 Å². The molecule has 1 aliphatic heterocycles. The summed E-state index contributed by atoms with van der Waals surface area (Å²) in [6, 6.07) is 9.95. The molecule has 7 nitrogen and oxygen atoms in total. The van der Waals surface area contributed by atoms with Gasteiger partial charge in [0.25, 0.3) is 5.91 Å². The summed E-state index contributed by atoms with van der Waals surface area (Å²) in [6.45, 7) is 4.15. The maximum absolute atomic E-state index is 12.9. The first-order valence-electron chi connectivity index (χ1n) is 9.38.